The van der Waals surface area contributed by atoms with Gasteiger partial charge in [0.1, 0.15) is 5.82 Å². The van der Waals surface area contributed by atoms with Crippen LogP contribution in [0.1, 0.15) is 43.9 Å². The van der Waals surface area contributed by atoms with Gasteiger partial charge in [-0.25, -0.2) is 4.39 Å². The molecule has 1 nitrogen and oxygen atoms in total. The zero-order valence-corrected chi connectivity index (χ0v) is 12.4. The van der Waals surface area contributed by atoms with E-state index in [2.05, 4.69) is 19.2 Å². The van der Waals surface area contributed by atoms with Gasteiger partial charge in [-0.3, -0.25) is 0 Å². The van der Waals surface area contributed by atoms with Crippen molar-refractivity contribution in [2.24, 2.45) is 0 Å². The second kappa shape index (κ2) is 6.27. The van der Waals surface area contributed by atoms with Crippen molar-refractivity contribution in [2.75, 3.05) is 6.54 Å². The van der Waals surface area contributed by atoms with Gasteiger partial charge in [-0.2, -0.15) is 11.8 Å². The molecule has 0 spiro atoms. The van der Waals surface area contributed by atoms with E-state index in [4.69, 9.17) is 11.6 Å². The number of rotatable bonds is 4. The van der Waals surface area contributed by atoms with E-state index in [0.29, 0.717) is 10.3 Å². The average Bonchev–Trinajstić information content (AvgIpc) is 2.39. The summed E-state index contributed by atoms with van der Waals surface area (Å²) in [7, 11) is 0. The van der Waals surface area contributed by atoms with E-state index in [-0.39, 0.29) is 11.9 Å². The number of halogens is 2. The Morgan fingerprint density at radius 3 is 2.89 bits per heavy atom. The van der Waals surface area contributed by atoms with Crippen molar-refractivity contribution in [3.8, 4) is 0 Å². The Bertz CT molecular complexity index is 425. The average molecular weight is 288 g/mol. The highest BCUT2D eigenvalue weighted by Crippen LogP contribution is 2.43. The second-order valence-corrected chi connectivity index (χ2v) is 6.25. The molecule has 18 heavy (non-hydrogen) atoms. The van der Waals surface area contributed by atoms with Gasteiger partial charge in [-0.15, -0.1) is 0 Å². The molecule has 0 fully saturated rings. The molecule has 0 saturated heterocycles. The van der Waals surface area contributed by atoms with Gasteiger partial charge in [0.25, 0.3) is 0 Å². The van der Waals surface area contributed by atoms with Gasteiger partial charge in [0.05, 0.1) is 0 Å². The first-order valence-corrected chi connectivity index (χ1v) is 7.93. The summed E-state index contributed by atoms with van der Waals surface area (Å²) in [4.78, 5) is 0. The molecule has 1 heterocycles. The summed E-state index contributed by atoms with van der Waals surface area (Å²) in [6.45, 7) is 5.25. The van der Waals surface area contributed by atoms with E-state index in [1.54, 1.807) is 6.07 Å². The minimum absolute atomic E-state index is 0.125. The first-order chi connectivity index (χ1) is 8.69. The molecule has 1 N–H and O–H groups in total. The van der Waals surface area contributed by atoms with E-state index in [0.717, 1.165) is 36.3 Å². The quantitative estimate of drug-likeness (QED) is 0.872. The van der Waals surface area contributed by atoms with Crippen LogP contribution in [0.4, 0.5) is 4.39 Å². The minimum Gasteiger partial charge on any atom is -0.309 e. The fourth-order valence-electron chi connectivity index (χ4n) is 2.45. The Hall–Kier alpha value is -0.250. The van der Waals surface area contributed by atoms with Gasteiger partial charge in [0, 0.05) is 27.6 Å². The van der Waals surface area contributed by atoms with Gasteiger partial charge in [-0.05, 0) is 37.1 Å². The summed E-state index contributed by atoms with van der Waals surface area (Å²) in [6.07, 6.45) is 2.14. The van der Waals surface area contributed by atoms with E-state index in [1.807, 2.05) is 11.8 Å². The molecule has 2 rings (SSSR count). The molecule has 2 unspecified atom stereocenters. The molecule has 0 amide bonds. The third kappa shape index (κ3) is 2.68. The van der Waals surface area contributed by atoms with Crippen molar-refractivity contribution < 1.29 is 4.39 Å². The minimum atomic E-state index is -0.125. The first-order valence-electron chi connectivity index (χ1n) is 6.50. The molecule has 1 aromatic carbocycles. The Morgan fingerprint density at radius 1 is 1.44 bits per heavy atom. The monoisotopic (exact) mass is 287 g/mol. The maximum absolute atomic E-state index is 13.9. The van der Waals surface area contributed by atoms with Crippen molar-refractivity contribution in [3.05, 3.63) is 34.1 Å². The van der Waals surface area contributed by atoms with Crippen LogP contribution in [0.3, 0.4) is 0 Å². The smallest absolute Gasteiger partial charge is 0.127 e. The van der Waals surface area contributed by atoms with Crippen molar-refractivity contribution >= 4 is 23.4 Å². The molecule has 1 aliphatic rings. The molecule has 1 aliphatic heterocycles. The molecule has 0 bridgehead atoms. The lowest BCUT2D eigenvalue weighted by molar-refractivity contribution is 0.491. The molecule has 0 aliphatic carbocycles. The third-order valence-corrected chi connectivity index (χ3v) is 5.21. The zero-order chi connectivity index (χ0) is 13.1. The first kappa shape index (κ1) is 14.2. The summed E-state index contributed by atoms with van der Waals surface area (Å²) in [6, 6.07) is 3.33. The lowest BCUT2D eigenvalue weighted by Crippen LogP contribution is -2.34. The molecule has 0 radical (unpaired) electrons. The van der Waals surface area contributed by atoms with Gasteiger partial charge in [0.15, 0.2) is 0 Å². The van der Waals surface area contributed by atoms with Crippen LogP contribution in [0.5, 0.6) is 0 Å². The van der Waals surface area contributed by atoms with E-state index in [1.165, 1.54) is 6.07 Å². The molecule has 4 heteroatoms. The number of fused-ring (bicyclic) bond motifs is 1. The van der Waals surface area contributed by atoms with Crippen molar-refractivity contribution in [1.29, 1.82) is 0 Å². The summed E-state index contributed by atoms with van der Waals surface area (Å²) in [5.74, 6) is 0.601. The van der Waals surface area contributed by atoms with Crippen molar-refractivity contribution in [2.45, 2.75) is 43.7 Å². The largest absolute Gasteiger partial charge is 0.309 e. The van der Waals surface area contributed by atoms with Crippen LogP contribution >= 0.6 is 23.4 Å². The Labute approximate surface area is 117 Å². The molecular formula is C14H19ClFNS. The van der Waals surface area contributed by atoms with Gasteiger partial charge in [-0.1, -0.05) is 25.4 Å². The maximum Gasteiger partial charge on any atom is 0.127 e. The van der Waals surface area contributed by atoms with Crippen LogP contribution in [-0.4, -0.2) is 11.8 Å². The molecule has 1 aromatic rings. The van der Waals surface area contributed by atoms with Gasteiger partial charge in [0.2, 0.25) is 0 Å². The number of thioether (sulfide) groups is 1. The van der Waals surface area contributed by atoms with Crippen LogP contribution < -0.4 is 5.32 Å². The summed E-state index contributed by atoms with van der Waals surface area (Å²) in [5.41, 5.74) is 1.77. The third-order valence-electron chi connectivity index (χ3n) is 3.39. The highest BCUT2D eigenvalue weighted by molar-refractivity contribution is 7.99. The molecule has 100 valence electrons. The highest BCUT2D eigenvalue weighted by Gasteiger charge is 2.31. The van der Waals surface area contributed by atoms with Crippen LogP contribution in [0.15, 0.2) is 12.1 Å². The van der Waals surface area contributed by atoms with E-state index in [9.17, 15) is 4.39 Å². The van der Waals surface area contributed by atoms with Gasteiger partial charge < -0.3 is 5.32 Å². The van der Waals surface area contributed by atoms with Crippen LogP contribution in [0.25, 0.3) is 0 Å². The van der Waals surface area contributed by atoms with Crippen LogP contribution in [-0.2, 0) is 5.75 Å². The highest BCUT2D eigenvalue weighted by atomic mass is 35.5. The molecule has 0 aromatic heterocycles. The number of hydrogen-bond acceptors (Lipinski definition) is 2. The number of nitrogens with one attached hydrogen (secondary N) is 1. The van der Waals surface area contributed by atoms with E-state index >= 15 is 0 Å². The topological polar surface area (TPSA) is 12.0 Å². The lowest BCUT2D eigenvalue weighted by atomic mass is 9.96. The van der Waals surface area contributed by atoms with Crippen molar-refractivity contribution in [1.82, 2.24) is 5.32 Å². The standard InChI is InChI=1S/C14H19ClFNS/c1-3-7-17-14-12(4-2)18-8-9-11(16)6-5-10(15)13(9)14/h5-6,12,14,17H,3-4,7-8H2,1-2H3. The Balaban J connectivity index is 2.39. The number of hydrogen-bond donors (Lipinski definition) is 1. The second-order valence-electron chi connectivity index (χ2n) is 4.61. The SMILES string of the molecule is CCCNC1c2c(Cl)ccc(F)c2CSC1CC. The molecule has 0 saturated carbocycles. The maximum atomic E-state index is 13.9. The van der Waals surface area contributed by atoms with E-state index < -0.39 is 0 Å². The molecule has 2 atom stereocenters. The predicted octanol–water partition coefficient (Wildman–Crippen LogP) is 4.55. The fraction of sp³-hybridized carbons (Fsp3) is 0.571. The van der Waals surface area contributed by atoms with Crippen LogP contribution in [0.2, 0.25) is 5.02 Å². The van der Waals surface area contributed by atoms with Gasteiger partial charge >= 0.3 is 0 Å². The predicted molar refractivity (Wildman–Crippen MR) is 77.8 cm³/mol. The molecular weight excluding hydrogens is 269 g/mol. The zero-order valence-electron chi connectivity index (χ0n) is 10.8. The summed E-state index contributed by atoms with van der Waals surface area (Å²) in [5, 5.41) is 4.69. The fourth-order valence-corrected chi connectivity index (χ4v) is 4.08. The Morgan fingerprint density at radius 2 is 2.22 bits per heavy atom. The number of benzene rings is 1. The summed E-state index contributed by atoms with van der Waals surface area (Å²) < 4.78 is 13.9. The lowest BCUT2D eigenvalue weighted by Gasteiger charge is -2.34. The Kier molecular flexibility index (Phi) is 4.93. The van der Waals surface area contributed by atoms with Crippen molar-refractivity contribution in [3.63, 3.8) is 0 Å². The normalized spacial score (nSPS) is 22.9. The van der Waals surface area contributed by atoms with Crippen LogP contribution in [0, 0.1) is 5.82 Å². The summed E-state index contributed by atoms with van der Waals surface area (Å²) >= 11 is 8.12.